The molecular formula is C16H24N2O2. The molecule has 1 fully saturated rings. The number of rotatable bonds is 4. The quantitative estimate of drug-likeness (QED) is 0.828. The number of hydrogen-bond acceptors (Lipinski definition) is 2. The van der Waals surface area contributed by atoms with E-state index in [1.807, 2.05) is 32.0 Å². The highest BCUT2D eigenvalue weighted by atomic mass is 16.3. The van der Waals surface area contributed by atoms with Gasteiger partial charge in [0.2, 0.25) is 0 Å². The molecule has 0 aromatic heterocycles. The van der Waals surface area contributed by atoms with Crippen LogP contribution in [-0.4, -0.2) is 40.8 Å². The van der Waals surface area contributed by atoms with Crippen LogP contribution in [0, 0.1) is 0 Å². The summed E-state index contributed by atoms with van der Waals surface area (Å²) in [6.45, 7) is 5.11. The molecule has 0 spiro atoms. The third kappa shape index (κ3) is 3.31. The maximum atomic E-state index is 12.1. The molecule has 1 aromatic rings. The van der Waals surface area contributed by atoms with Crippen LogP contribution in [0.5, 0.6) is 0 Å². The third-order valence-electron chi connectivity index (χ3n) is 4.14. The van der Waals surface area contributed by atoms with E-state index in [-0.39, 0.29) is 6.03 Å². The SMILES string of the molecule is CC1(C)C(O)CCN1C(=O)NCCCc1ccccc1. The molecule has 4 heteroatoms. The molecule has 0 aliphatic carbocycles. The Bertz CT molecular complexity index is 445. The van der Waals surface area contributed by atoms with Gasteiger partial charge in [0.1, 0.15) is 0 Å². The van der Waals surface area contributed by atoms with E-state index < -0.39 is 11.6 Å². The largest absolute Gasteiger partial charge is 0.391 e. The Balaban J connectivity index is 1.73. The van der Waals surface area contributed by atoms with Gasteiger partial charge in [-0.1, -0.05) is 30.3 Å². The summed E-state index contributed by atoms with van der Waals surface area (Å²) in [7, 11) is 0. The summed E-state index contributed by atoms with van der Waals surface area (Å²) in [6, 6.07) is 10.2. The Hall–Kier alpha value is -1.55. The first-order valence-corrected chi connectivity index (χ1v) is 7.29. The zero-order valence-electron chi connectivity index (χ0n) is 12.3. The Labute approximate surface area is 120 Å². The van der Waals surface area contributed by atoms with Gasteiger partial charge < -0.3 is 15.3 Å². The van der Waals surface area contributed by atoms with Gasteiger partial charge in [0, 0.05) is 13.1 Å². The van der Waals surface area contributed by atoms with Crippen molar-refractivity contribution in [3.05, 3.63) is 35.9 Å². The number of likely N-dealkylation sites (tertiary alicyclic amines) is 1. The maximum Gasteiger partial charge on any atom is 0.317 e. The van der Waals surface area contributed by atoms with Crippen LogP contribution < -0.4 is 5.32 Å². The van der Waals surface area contributed by atoms with Gasteiger partial charge in [-0.2, -0.15) is 0 Å². The summed E-state index contributed by atoms with van der Waals surface area (Å²) in [5.74, 6) is 0. The van der Waals surface area contributed by atoms with Gasteiger partial charge in [0.15, 0.2) is 0 Å². The third-order valence-corrected chi connectivity index (χ3v) is 4.14. The molecule has 1 unspecified atom stereocenters. The second-order valence-corrected chi connectivity index (χ2v) is 5.93. The topological polar surface area (TPSA) is 52.6 Å². The lowest BCUT2D eigenvalue weighted by atomic mass is 9.99. The fraction of sp³-hybridized carbons (Fsp3) is 0.562. The van der Waals surface area contributed by atoms with E-state index in [1.165, 1.54) is 5.56 Å². The number of aliphatic hydroxyl groups excluding tert-OH is 1. The van der Waals surface area contributed by atoms with Gasteiger partial charge >= 0.3 is 6.03 Å². The Kier molecular flexibility index (Phi) is 4.65. The average Bonchev–Trinajstić information content (AvgIpc) is 2.70. The van der Waals surface area contributed by atoms with Crippen molar-refractivity contribution in [2.24, 2.45) is 0 Å². The highest BCUT2D eigenvalue weighted by Gasteiger charge is 2.42. The van der Waals surface area contributed by atoms with E-state index in [1.54, 1.807) is 4.90 Å². The lowest BCUT2D eigenvalue weighted by molar-refractivity contribution is 0.0697. The van der Waals surface area contributed by atoms with Crippen LogP contribution in [0.1, 0.15) is 32.3 Å². The van der Waals surface area contributed by atoms with Crippen LogP contribution in [0.15, 0.2) is 30.3 Å². The number of amides is 2. The van der Waals surface area contributed by atoms with E-state index in [2.05, 4.69) is 17.4 Å². The number of hydrogen-bond donors (Lipinski definition) is 2. The van der Waals surface area contributed by atoms with Crippen LogP contribution in [0.3, 0.4) is 0 Å². The molecule has 1 saturated heterocycles. The maximum absolute atomic E-state index is 12.1. The number of nitrogens with one attached hydrogen (secondary N) is 1. The number of benzene rings is 1. The molecule has 2 rings (SSSR count). The number of aryl methyl sites for hydroxylation is 1. The minimum absolute atomic E-state index is 0.0698. The predicted octanol–water partition coefficient (Wildman–Crippen LogP) is 2.17. The van der Waals surface area contributed by atoms with E-state index in [4.69, 9.17) is 0 Å². The Morgan fingerprint density at radius 2 is 2.10 bits per heavy atom. The van der Waals surface area contributed by atoms with Crippen molar-refractivity contribution in [1.82, 2.24) is 10.2 Å². The predicted molar refractivity (Wildman–Crippen MR) is 79.6 cm³/mol. The van der Waals surface area contributed by atoms with Crippen molar-refractivity contribution in [1.29, 1.82) is 0 Å². The van der Waals surface area contributed by atoms with Crippen LogP contribution in [0.4, 0.5) is 4.79 Å². The van der Waals surface area contributed by atoms with Gasteiger partial charge in [0.05, 0.1) is 11.6 Å². The van der Waals surface area contributed by atoms with Gasteiger partial charge in [-0.15, -0.1) is 0 Å². The number of aliphatic hydroxyl groups is 1. The van der Waals surface area contributed by atoms with Crippen LogP contribution in [0.25, 0.3) is 0 Å². The van der Waals surface area contributed by atoms with Crippen molar-refractivity contribution in [3.8, 4) is 0 Å². The molecule has 0 radical (unpaired) electrons. The van der Waals surface area contributed by atoms with Crippen molar-refractivity contribution >= 4 is 6.03 Å². The molecule has 110 valence electrons. The number of carbonyl (C=O) groups excluding carboxylic acids is 1. The first kappa shape index (κ1) is 14.9. The van der Waals surface area contributed by atoms with Crippen molar-refractivity contribution in [2.45, 2.75) is 44.8 Å². The minimum Gasteiger partial charge on any atom is -0.391 e. The van der Waals surface area contributed by atoms with Crippen molar-refractivity contribution in [2.75, 3.05) is 13.1 Å². The van der Waals surface area contributed by atoms with Crippen LogP contribution >= 0.6 is 0 Å². The fourth-order valence-electron chi connectivity index (χ4n) is 2.66. The molecule has 1 atom stereocenters. The molecule has 0 bridgehead atoms. The molecule has 2 N–H and O–H groups in total. The molecule has 1 heterocycles. The number of nitrogens with zero attached hydrogens (tertiary/aromatic N) is 1. The Morgan fingerprint density at radius 3 is 2.70 bits per heavy atom. The van der Waals surface area contributed by atoms with Crippen molar-refractivity contribution < 1.29 is 9.90 Å². The molecule has 1 aromatic carbocycles. The van der Waals surface area contributed by atoms with Gasteiger partial charge in [-0.05, 0) is 38.7 Å². The second kappa shape index (κ2) is 6.27. The number of carbonyl (C=O) groups is 1. The molecule has 20 heavy (non-hydrogen) atoms. The normalized spacial score (nSPS) is 20.9. The van der Waals surface area contributed by atoms with Crippen molar-refractivity contribution in [3.63, 3.8) is 0 Å². The summed E-state index contributed by atoms with van der Waals surface area (Å²) < 4.78 is 0. The zero-order valence-corrected chi connectivity index (χ0v) is 12.3. The molecule has 0 saturated carbocycles. The first-order chi connectivity index (χ1) is 9.51. The summed E-state index contributed by atoms with van der Waals surface area (Å²) in [5.41, 5.74) is 0.822. The summed E-state index contributed by atoms with van der Waals surface area (Å²) in [5, 5.41) is 12.8. The van der Waals surface area contributed by atoms with Crippen LogP contribution in [-0.2, 0) is 6.42 Å². The zero-order chi connectivity index (χ0) is 14.6. The van der Waals surface area contributed by atoms with Crippen LogP contribution in [0.2, 0.25) is 0 Å². The fourth-order valence-corrected chi connectivity index (χ4v) is 2.66. The Morgan fingerprint density at radius 1 is 1.40 bits per heavy atom. The van der Waals surface area contributed by atoms with Gasteiger partial charge in [0.25, 0.3) is 0 Å². The summed E-state index contributed by atoms with van der Waals surface area (Å²) in [4.78, 5) is 13.9. The standard InChI is InChI=1S/C16H24N2O2/c1-16(2)14(19)10-12-18(16)15(20)17-11-6-9-13-7-4-3-5-8-13/h3-5,7-8,14,19H,6,9-12H2,1-2H3,(H,17,20). The molecule has 1 aliphatic heterocycles. The monoisotopic (exact) mass is 276 g/mol. The van der Waals surface area contributed by atoms with E-state index in [9.17, 15) is 9.90 Å². The lowest BCUT2D eigenvalue weighted by Gasteiger charge is -2.33. The molecule has 2 amide bonds. The first-order valence-electron chi connectivity index (χ1n) is 7.29. The summed E-state index contributed by atoms with van der Waals surface area (Å²) >= 11 is 0. The van der Waals surface area contributed by atoms with Gasteiger partial charge in [-0.25, -0.2) is 4.79 Å². The second-order valence-electron chi connectivity index (χ2n) is 5.93. The minimum atomic E-state index is -0.469. The highest BCUT2D eigenvalue weighted by Crippen LogP contribution is 2.28. The highest BCUT2D eigenvalue weighted by molar-refractivity contribution is 5.75. The smallest absolute Gasteiger partial charge is 0.317 e. The number of urea groups is 1. The summed E-state index contributed by atoms with van der Waals surface area (Å²) in [6.07, 6.45) is 2.11. The van der Waals surface area contributed by atoms with E-state index >= 15 is 0 Å². The average molecular weight is 276 g/mol. The molecule has 4 nitrogen and oxygen atoms in total. The van der Waals surface area contributed by atoms with Gasteiger partial charge in [-0.3, -0.25) is 0 Å². The van der Waals surface area contributed by atoms with E-state index in [0.717, 1.165) is 12.8 Å². The molecular weight excluding hydrogens is 252 g/mol. The lowest BCUT2D eigenvalue weighted by Crippen LogP contribution is -2.51. The molecule has 1 aliphatic rings. The van der Waals surface area contributed by atoms with E-state index in [0.29, 0.717) is 19.5 Å².